The molecule has 0 saturated heterocycles. The van der Waals surface area contributed by atoms with Crippen molar-refractivity contribution in [2.45, 2.75) is 26.5 Å². The number of methoxy groups -OCH3 is 1. The van der Waals surface area contributed by atoms with Gasteiger partial charge in [0.25, 0.3) is 0 Å². The van der Waals surface area contributed by atoms with Crippen LogP contribution in [0.3, 0.4) is 0 Å². The Kier molecular flexibility index (Phi) is 6.59. The molecule has 1 aliphatic rings. The molecule has 1 N–H and O–H groups in total. The molecule has 1 aromatic heterocycles. The summed E-state index contributed by atoms with van der Waals surface area (Å²) in [5.41, 5.74) is 2.01. The zero-order valence-electron chi connectivity index (χ0n) is 18.1. The fraction of sp³-hybridized carbons (Fsp3) is 0.273. The molecule has 1 unspecified atom stereocenters. The van der Waals surface area contributed by atoms with Crippen LogP contribution in [0.1, 0.15) is 31.0 Å². The van der Waals surface area contributed by atoms with Crippen LogP contribution in [0.25, 0.3) is 0 Å². The number of benzene rings is 2. The van der Waals surface area contributed by atoms with E-state index in [0.717, 1.165) is 0 Å². The second kappa shape index (κ2) is 9.57. The summed E-state index contributed by atoms with van der Waals surface area (Å²) < 4.78 is 32.9. The highest BCUT2D eigenvalue weighted by atomic mass is 79.9. The second-order valence-corrected chi connectivity index (χ2v) is 8.00. The Morgan fingerprint density at radius 2 is 2.06 bits per heavy atom. The van der Waals surface area contributed by atoms with E-state index in [1.807, 2.05) is 6.92 Å². The molecule has 1 aliphatic heterocycles. The Hall–Kier alpha value is -3.47. The smallest absolute Gasteiger partial charge is 0.338 e. The summed E-state index contributed by atoms with van der Waals surface area (Å²) in [7, 11) is 1.32. The van der Waals surface area contributed by atoms with Crippen LogP contribution in [-0.2, 0) is 16.1 Å². The zero-order valence-corrected chi connectivity index (χ0v) is 19.7. The summed E-state index contributed by atoms with van der Waals surface area (Å²) >= 11 is 3.54. The van der Waals surface area contributed by atoms with E-state index in [-0.39, 0.29) is 12.4 Å². The first-order valence-corrected chi connectivity index (χ1v) is 10.9. The largest absolute Gasteiger partial charge is 0.490 e. The first-order chi connectivity index (χ1) is 15.9. The van der Waals surface area contributed by atoms with Gasteiger partial charge in [0.2, 0.25) is 5.95 Å². The average Bonchev–Trinajstić information content (AvgIpc) is 3.26. The average molecular weight is 518 g/mol. The van der Waals surface area contributed by atoms with Crippen LogP contribution in [0.15, 0.2) is 52.1 Å². The summed E-state index contributed by atoms with van der Waals surface area (Å²) in [6.07, 6.45) is 0. The number of fused-ring (bicyclic) bond motifs is 1. The molecule has 33 heavy (non-hydrogen) atoms. The number of hydrogen-bond acceptors (Lipinski definition) is 8. The lowest BCUT2D eigenvalue weighted by Gasteiger charge is -2.28. The van der Waals surface area contributed by atoms with Crippen LogP contribution in [0.5, 0.6) is 11.5 Å². The molecule has 0 bridgehead atoms. The molecule has 1 atom stereocenters. The molecule has 2 heterocycles. The predicted molar refractivity (Wildman–Crippen MR) is 120 cm³/mol. The summed E-state index contributed by atoms with van der Waals surface area (Å²) in [6, 6.07) is 9.27. The minimum Gasteiger partial charge on any atom is -0.490 e. The van der Waals surface area contributed by atoms with Gasteiger partial charge in [-0.1, -0.05) is 23.3 Å². The van der Waals surface area contributed by atoms with Gasteiger partial charge in [-0.3, -0.25) is 0 Å². The Morgan fingerprint density at radius 1 is 1.27 bits per heavy atom. The van der Waals surface area contributed by atoms with Crippen molar-refractivity contribution in [3.05, 3.63) is 69.1 Å². The molecule has 2 aromatic carbocycles. The van der Waals surface area contributed by atoms with Crippen molar-refractivity contribution in [2.75, 3.05) is 19.0 Å². The van der Waals surface area contributed by atoms with Gasteiger partial charge in [-0.15, -0.1) is 0 Å². The minimum absolute atomic E-state index is 0.0155. The number of aromatic nitrogens is 4. The van der Waals surface area contributed by atoms with Crippen molar-refractivity contribution >= 4 is 27.8 Å². The first kappa shape index (κ1) is 22.7. The first-order valence-electron chi connectivity index (χ1n) is 10.1. The molecule has 172 valence electrons. The van der Waals surface area contributed by atoms with Gasteiger partial charge in [0, 0.05) is 11.3 Å². The SMILES string of the molecule is CCOc1cc(C2C(C(=O)OC)=C(C)Nc3nnnn32)cc(Br)c1OCc1ccccc1F. The van der Waals surface area contributed by atoms with Gasteiger partial charge >= 0.3 is 5.97 Å². The van der Waals surface area contributed by atoms with Gasteiger partial charge in [0.15, 0.2) is 11.5 Å². The van der Waals surface area contributed by atoms with Crippen LogP contribution in [-0.4, -0.2) is 39.9 Å². The van der Waals surface area contributed by atoms with E-state index in [4.69, 9.17) is 14.2 Å². The van der Waals surface area contributed by atoms with Gasteiger partial charge in [0.05, 0.1) is 23.8 Å². The third-order valence-electron chi connectivity index (χ3n) is 5.10. The number of carbonyl (C=O) groups excluding carboxylic acids is 1. The summed E-state index contributed by atoms with van der Waals surface area (Å²) in [6.45, 7) is 3.98. The molecule has 11 heteroatoms. The molecule has 9 nitrogen and oxygen atoms in total. The summed E-state index contributed by atoms with van der Waals surface area (Å²) in [5, 5.41) is 14.8. The molecule has 0 spiro atoms. The molecule has 0 saturated carbocycles. The Bertz CT molecular complexity index is 1230. The summed E-state index contributed by atoms with van der Waals surface area (Å²) in [5.74, 6) is 0.356. The van der Waals surface area contributed by atoms with Crippen LogP contribution >= 0.6 is 15.9 Å². The number of esters is 1. The van der Waals surface area contributed by atoms with Crippen molar-refractivity contribution in [3.63, 3.8) is 0 Å². The van der Waals surface area contributed by atoms with Gasteiger partial charge in [-0.2, -0.15) is 4.68 Å². The van der Waals surface area contributed by atoms with E-state index in [1.165, 1.54) is 17.9 Å². The molecule has 0 radical (unpaired) electrons. The standard InChI is InChI=1S/C22H21BrFN5O4/c1-4-32-17-10-14(9-15(23)20(17)33-11-13-7-5-6-8-16(13)24)19-18(21(30)31-3)12(2)25-22-26-27-28-29(19)22/h5-10,19H,4,11H2,1-3H3,(H,25,26,28). The highest BCUT2D eigenvalue weighted by Gasteiger charge is 2.35. The van der Waals surface area contributed by atoms with Gasteiger partial charge in [0.1, 0.15) is 18.5 Å². The summed E-state index contributed by atoms with van der Waals surface area (Å²) in [4.78, 5) is 12.6. The van der Waals surface area contributed by atoms with Crippen molar-refractivity contribution in [3.8, 4) is 11.5 Å². The van der Waals surface area contributed by atoms with E-state index >= 15 is 0 Å². The fourth-order valence-electron chi connectivity index (χ4n) is 3.61. The number of ether oxygens (including phenoxy) is 3. The second-order valence-electron chi connectivity index (χ2n) is 7.15. The van der Waals surface area contributed by atoms with Crippen molar-refractivity contribution in [1.82, 2.24) is 20.2 Å². The lowest BCUT2D eigenvalue weighted by molar-refractivity contribution is -0.136. The van der Waals surface area contributed by atoms with E-state index in [9.17, 15) is 9.18 Å². The van der Waals surface area contributed by atoms with E-state index in [2.05, 4.69) is 36.8 Å². The maximum Gasteiger partial charge on any atom is 0.338 e. The van der Waals surface area contributed by atoms with Crippen LogP contribution < -0.4 is 14.8 Å². The number of allylic oxidation sites excluding steroid dienone is 1. The number of rotatable bonds is 7. The Labute approximate surface area is 197 Å². The third-order valence-corrected chi connectivity index (χ3v) is 5.69. The molecule has 4 rings (SSSR count). The Balaban J connectivity index is 1.77. The number of tetrazole rings is 1. The quantitative estimate of drug-likeness (QED) is 0.469. The molecule has 0 fully saturated rings. The number of halogens is 2. The minimum atomic E-state index is -0.667. The normalized spacial score (nSPS) is 15.0. The van der Waals surface area contributed by atoms with E-state index in [0.29, 0.717) is 50.9 Å². The lowest BCUT2D eigenvalue weighted by Crippen LogP contribution is -2.29. The van der Waals surface area contributed by atoms with Crippen molar-refractivity contribution in [1.29, 1.82) is 0 Å². The van der Waals surface area contributed by atoms with Gasteiger partial charge in [-0.25, -0.2) is 9.18 Å². The zero-order chi connectivity index (χ0) is 23.5. The van der Waals surface area contributed by atoms with E-state index in [1.54, 1.807) is 37.3 Å². The Morgan fingerprint density at radius 3 is 2.79 bits per heavy atom. The number of hydrogen-bond donors (Lipinski definition) is 1. The maximum absolute atomic E-state index is 14.0. The fourth-order valence-corrected chi connectivity index (χ4v) is 4.18. The molecular formula is C22H21BrFN5O4. The highest BCUT2D eigenvalue weighted by Crippen LogP contribution is 2.43. The highest BCUT2D eigenvalue weighted by molar-refractivity contribution is 9.10. The van der Waals surface area contributed by atoms with Crippen LogP contribution in [0.4, 0.5) is 10.3 Å². The molecular weight excluding hydrogens is 497 g/mol. The number of nitrogens with one attached hydrogen (secondary N) is 1. The topological polar surface area (TPSA) is 100 Å². The molecule has 0 amide bonds. The van der Waals surface area contributed by atoms with Crippen LogP contribution in [0, 0.1) is 5.82 Å². The predicted octanol–water partition coefficient (Wildman–Crippen LogP) is 4.01. The van der Waals surface area contributed by atoms with Crippen molar-refractivity contribution in [2.24, 2.45) is 0 Å². The molecule has 0 aliphatic carbocycles. The number of nitrogens with zero attached hydrogens (tertiary/aromatic N) is 4. The lowest BCUT2D eigenvalue weighted by atomic mass is 9.95. The van der Waals surface area contributed by atoms with Gasteiger partial charge < -0.3 is 19.5 Å². The van der Waals surface area contributed by atoms with Crippen LogP contribution in [0.2, 0.25) is 0 Å². The van der Waals surface area contributed by atoms with E-state index < -0.39 is 12.0 Å². The number of anilines is 1. The monoisotopic (exact) mass is 517 g/mol. The third kappa shape index (κ3) is 4.40. The maximum atomic E-state index is 14.0. The molecule has 3 aromatic rings. The van der Waals surface area contributed by atoms with Crippen molar-refractivity contribution < 1.29 is 23.4 Å². The number of carbonyl (C=O) groups is 1. The van der Waals surface area contributed by atoms with Gasteiger partial charge in [-0.05, 0) is 64.0 Å².